The molecule has 4 heteroatoms. The average molecular weight is 276 g/mol. The lowest BCUT2D eigenvalue weighted by Crippen LogP contribution is -2.38. The van der Waals surface area contributed by atoms with Crippen molar-refractivity contribution in [3.63, 3.8) is 0 Å². The average Bonchev–Trinajstić information content (AvgIpc) is 2.95. The lowest BCUT2D eigenvalue weighted by atomic mass is 10.0. The van der Waals surface area contributed by atoms with Gasteiger partial charge in [-0.3, -0.25) is 0 Å². The number of nitrogens with one attached hydrogen (secondary N) is 2. The minimum atomic E-state index is -0.429. The number of carbonyl (C=O) groups is 1. The van der Waals surface area contributed by atoms with Gasteiger partial charge in [-0.15, -0.1) is 0 Å². The van der Waals surface area contributed by atoms with Gasteiger partial charge in [0.25, 0.3) is 0 Å². The molecule has 1 aliphatic rings. The molecule has 0 heterocycles. The highest BCUT2D eigenvalue weighted by molar-refractivity contribution is 5.90. The first-order chi connectivity index (χ1) is 9.58. The second kappa shape index (κ2) is 6.75. The van der Waals surface area contributed by atoms with Crippen LogP contribution in [0, 0.1) is 19.8 Å². The maximum absolute atomic E-state index is 11.9. The summed E-state index contributed by atoms with van der Waals surface area (Å²) in [7, 11) is 0. The highest BCUT2D eigenvalue weighted by Crippen LogP contribution is 2.27. The van der Waals surface area contributed by atoms with Gasteiger partial charge in [0.1, 0.15) is 0 Å². The third-order valence-corrected chi connectivity index (χ3v) is 4.27. The van der Waals surface area contributed by atoms with Gasteiger partial charge < -0.3 is 15.7 Å². The first-order valence-electron chi connectivity index (χ1n) is 7.37. The molecule has 1 unspecified atom stereocenters. The molecular weight excluding hydrogens is 252 g/mol. The van der Waals surface area contributed by atoms with Crippen molar-refractivity contribution in [2.45, 2.75) is 45.6 Å². The fraction of sp³-hybridized carbons (Fsp3) is 0.562. The molecule has 1 aromatic carbocycles. The molecule has 110 valence electrons. The van der Waals surface area contributed by atoms with Gasteiger partial charge in [-0.1, -0.05) is 25.0 Å². The summed E-state index contributed by atoms with van der Waals surface area (Å²) < 4.78 is 0. The van der Waals surface area contributed by atoms with E-state index in [2.05, 4.69) is 10.6 Å². The van der Waals surface area contributed by atoms with Crippen molar-refractivity contribution in [2.75, 3.05) is 11.9 Å². The fourth-order valence-corrected chi connectivity index (χ4v) is 2.76. The summed E-state index contributed by atoms with van der Waals surface area (Å²) in [5, 5.41) is 15.6. The zero-order valence-electron chi connectivity index (χ0n) is 12.3. The van der Waals surface area contributed by atoms with Crippen LogP contribution >= 0.6 is 0 Å². The largest absolute Gasteiger partial charge is 0.391 e. The number of aliphatic hydroxyl groups is 1. The first-order valence-corrected chi connectivity index (χ1v) is 7.37. The Kier molecular flexibility index (Phi) is 5.01. The summed E-state index contributed by atoms with van der Waals surface area (Å²) in [6.07, 6.45) is 4.09. The maximum atomic E-state index is 11.9. The van der Waals surface area contributed by atoms with Crippen molar-refractivity contribution in [3.8, 4) is 0 Å². The van der Waals surface area contributed by atoms with Crippen LogP contribution in [0.5, 0.6) is 0 Å². The number of hydrogen-bond acceptors (Lipinski definition) is 2. The summed E-state index contributed by atoms with van der Waals surface area (Å²) in [6.45, 7) is 4.32. The van der Waals surface area contributed by atoms with Gasteiger partial charge in [0, 0.05) is 12.2 Å². The van der Waals surface area contributed by atoms with E-state index >= 15 is 0 Å². The Morgan fingerprint density at radius 3 is 2.75 bits per heavy atom. The van der Waals surface area contributed by atoms with E-state index in [1.165, 1.54) is 12.8 Å². The zero-order valence-corrected chi connectivity index (χ0v) is 12.3. The molecule has 0 bridgehead atoms. The minimum Gasteiger partial charge on any atom is -0.391 e. The molecule has 4 nitrogen and oxygen atoms in total. The number of benzene rings is 1. The van der Waals surface area contributed by atoms with Crippen molar-refractivity contribution in [1.29, 1.82) is 0 Å². The molecule has 1 atom stereocenters. The Bertz CT molecular complexity index is 468. The molecular formula is C16H24N2O2. The summed E-state index contributed by atoms with van der Waals surface area (Å²) in [5.74, 6) is 0.344. The van der Waals surface area contributed by atoms with E-state index < -0.39 is 6.10 Å². The Labute approximate surface area is 120 Å². The molecule has 0 aliphatic heterocycles. The van der Waals surface area contributed by atoms with Crippen LogP contribution in [0.2, 0.25) is 0 Å². The molecule has 1 aliphatic carbocycles. The van der Waals surface area contributed by atoms with Gasteiger partial charge in [0.2, 0.25) is 0 Å². The molecule has 2 rings (SSSR count). The van der Waals surface area contributed by atoms with Crippen LogP contribution in [0.15, 0.2) is 18.2 Å². The minimum absolute atomic E-state index is 0.254. The number of anilines is 1. The zero-order chi connectivity index (χ0) is 14.5. The van der Waals surface area contributed by atoms with Crippen LogP contribution < -0.4 is 10.6 Å². The van der Waals surface area contributed by atoms with E-state index in [9.17, 15) is 9.90 Å². The number of hydrogen-bond donors (Lipinski definition) is 3. The second-order valence-electron chi connectivity index (χ2n) is 5.69. The molecule has 2 amide bonds. The Hall–Kier alpha value is -1.55. The van der Waals surface area contributed by atoms with Crippen molar-refractivity contribution in [3.05, 3.63) is 29.3 Å². The Morgan fingerprint density at radius 1 is 1.35 bits per heavy atom. The summed E-state index contributed by atoms with van der Waals surface area (Å²) in [5.41, 5.74) is 3.03. The number of carbonyl (C=O) groups excluding carboxylic acids is 1. The predicted molar refractivity (Wildman–Crippen MR) is 80.9 cm³/mol. The third-order valence-electron chi connectivity index (χ3n) is 4.27. The lowest BCUT2D eigenvalue weighted by Gasteiger charge is -2.18. The van der Waals surface area contributed by atoms with E-state index in [-0.39, 0.29) is 6.03 Å². The number of urea groups is 1. The number of aryl methyl sites for hydroxylation is 1. The van der Waals surface area contributed by atoms with Crippen LogP contribution in [-0.2, 0) is 0 Å². The number of aliphatic hydroxyl groups excluding tert-OH is 1. The van der Waals surface area contributed by atoms with Crippen molar-refractivity contribution < 1.29 is 9.90 Å². The summed E-state index contributed by atoms with van der Waals surface area (Å²) >= 11 is 0. The van der Waals surface area contributed by atoms with Crippen LogP contribution in [0.4, 0.5) is 10.5 Å². The highest BCUT2D eigenvalue weighted by Gasteiger charge is 2.23. The standard InChI is InChI=1S/C16H24N2O2/c1-11-6-5-9-14(12(11)2)18-16(20)17-10-15(19)13-7-3-4-8-13/h5-6,9,13,15,19H,3-4,7-8,10H2,1-2H3,(H2,17,18,20). The summed E-state index contributed by atoms with van der Waals surface area (Å²) in [6, 6.07) is 5.57. The molecule has 0 spiro atoms. The molecule has 0 radical (unpaired) electrons. The van der Waals surface area contributed by atoms with Crippen LogP contribution in [-0.4, -0.2) is 23.8 Å². The van der Waals surface area contributed by atoms with Gasteiger partial charge in [0.15, 0.2) is 0 Å². The lowest BCUT2D eigenvalue weighted by molar-refractivity contribution is 0.111. The molecule has 0 saturated heterocycles. The molecule has 3 N–H and O–H groups in total. The first kappa shape index (κ1) is 14.9. The molecule has 0 aromatic heterocycles. The van der Waals surface area contributed by atoms with Gasteiger partial charge >= 0.3 is 6.03 Å². The van der Waals surface area contributed by atoms with Crippen molar-refractivity contribution >= 4 is 11.7 Å². The normalized spacial score (nSPS) is 16.9. The number of amides is 2. The molecule has 20 heavy (non-hydrogen) atoms. The van der Waals surface area contributed by atoms with E-state index in [0.29, 0.717) is 12.5 Å². The summed E-state index contributed by atoms with van der Waals surface area (Å²) in [4.78, 5) is 11.9. The SMILES string of the molecule is Cc1cccc(NC(=O)NCC(O)C2CCCC2)c1C. The maximum Gasteiger partial charge on any atom is 0.319 e. The molecule has 1 saturated carbocycles. The highest BCUT2D eigenvalue weighted by atomic mass is 16.3. The van der Waals surface area contributed by atoms with E-state index in [1.807, 2.05) is 32.0 Å². The Balaban J connectivity index is 1.81. The van der Waals surface area contributed by atoms with Gasteiger partial charge in [0.05, 0.1) is 6.10 Å². The van der Waals surface area contributed by atoms with Gasteiger partial charge in [-0.25, -0.2) is 4.79 Å². The van der Waals surface area contributed by atoms with Gasteiger partial charge in [-0.05, 0) is 49.8 Å². The smallest absolute Gasteiger partial charge is 0.319 e. The topological polar surface area (TPSA) is 61.4 Å². The van der Waals surface area contributed by atoms with Gasteiger partial charge in [-0.2, -0.15) is 0 Å². The van der Waals surface area contributed by atoms with Crippen LogP contribution in [0.1, 0.15) is 36.8 Å². The monoisotopic (exact) mass is 276 g/mol. The quantitative estimate of drug-likeness (QED) is 0.791. The van der Waals surface area contributed by atoms with Crippen molar-refractivity contribution in [2.24, 2.45) is 5.92 Å². The molecule has 1 aromatic rings. The third kappa shape index (κ3) is 3.73. The Morgan fingerprint density at radius 2 is 2.05 bits per heavy atom. The second-order valence-corrected chi connectivity index (χ2v) is 5.69. The number of rotatable bonds is 4. The van der Waals surface area contributed by atoms with Crippen LogP contribution in [0.25, 0.3) is 0 Å². The van der Waals surface area contributed by atoms with E-state index in [0.717, 1.165) is 29.7 Å². The van der Waals surface area contributed by atoms with E-state index in [4.69, 9.17) is 0 Å². The van der Waals surface area contributed by atoms with Crippen molar-refractivity contribution in [1.82, 2.24) is 5.32 Å². The predicted octanol–water partition coefficient (Wildman–Crippen LogP) is 2.98. The molecule has 1 fully saturated rings. The van der Waals surface area contributed by atoms with Crippen LogP contribution in [0.3, 0.4) is 0 Å². The fourth-order valence-electron chi connectivity index (χ4n) is 2.76. The van der Waals surface area contributed by atoms with E-state index in [1.54, 1.807) is 0 Å².